The van der Waals surface area contributed by atoms with Crippen LogP contribution in [0, 0.1) is 19.3 Å². The molecule has 2 heterocycles. The number of morpholine rings is 1. The molecule has 0 bridgehead atoms. The zero-order valence-corrected chi connectivity index (χ0v) is 16.1. The minimum atomic E-state index is 0.0426. The Morgan fingerprint density at radius 3 is 2.65 bits per heavy atom. The fourth-order valence-corrected chi connectivity index (χ4v) is 4.07. The zero-order valence-electron chi connectivity index (χ0n) is 16.1. The van der Waals surface area contributed by atoms with E-state index in [1.165, 1.54) is 35.0 Å². The van der Waals surface area contributed by atoms with E-state index in [1.54, 1.807) is 0 Å². The highest BCUT2D eigenvalue weighted by Gasteiger charge is 2.44. The molecule has 1 aromatic carbocycles. The summed E-state index contributed by atoms with van der Waals surface area (Å²) >= 11 is 0. The van der Waals surface area contributed by atoms with Crippen molar-refractivity contribution in [3.63, 3.8) is 0 Å². The highest BCUT2D eigenvalue weighted by molar-refractivity contribution is 5.99. The van der Waals surface area contributed by atoms with Gasteiger partial charge < -0.3 is 14.6 Å². The van der Waals surface area contributed by atoms with Gasteiger partial charge >= 0.3 is 0 Å². The zero-order chi connectivity index (χ0) is 18.3. The Hall–Kier alpha value is -1.85. The van der Waals surface area contributed by atoms with Crippen molar-refractivity contribution < 1.29 is 9.53 Å². The molecule has 2 aromatic rings. The first-order valence-corrected chi connectivity index (χ1v) is 9.63. The average molecular weight is 355 g/mol. The van der Waals surface area contributed by atoms with Crippen LogP contribution >= 0.6 is 0 Å². The minimum Gasteiger partial charge on any atom is -0.379 e. The molecular formula is C21H29N3O2. The summed E-state index contributed by atoms with van der Waals surface area (Å²) in [6.07, 6.45) is 2.42. The molecule has 4 rings (SSSR count). The molecule has 0 radical (unpaired) electrons. The van der Waals surface area contributed by atoms with Crippen molar-refractivity contribution in [3.05, 3.63) is 35.0 Å². The third-order valence-electron chi connectivity index (χ3n) is 6.31. The van der Waals surface area contributed by atoms with Gasteiger partial charge in [-0.25, -0.2) is 0 Å². The number of carbonyl (C=O) groups excluding carboxylic acids is 1. The molecule has 0 spiro atoms. The van der Waals surface area contributed by atoms with Crippen molar-refractivity contribution in [3.8, 4) is 0 Å². The number of ether oxygens (including phenoxy) is 1. The van der Waals surface area contributed by atoms with Crippen LogP contribution in [0.5, 0.6) is 0 Å². The summed E-state index contributed by atoms with van der Waals surface area (Å²) in [5.74, 6) is 0.0426. The molecule has 1 aliphatic heterocycles. The van der Waals surface area contributed by atoms with Gasteiger partial charge in [-0.2, -0.15) is 0 Å². The van der Waals surface area contributed by atoms with Gasteiger partial charge in [0.05, 0.1) is 13.2 Å². The molecule has 5 heteroatoms. The van der Waals surface area contributed by atoms with E-state index in [0.717, 1.165) is 45.0 Å². The van der Waals surface area contributed by atoms with Crippen LogP contribution in [0.1, 0.15) is 34.5 Å². The number of aryl methyl sites for hydroxylation is 2. The molecule has 1 amide bonds. The quantitative estimate of drug-likeness (QED) is 0.897. The summed E-state index contributed by atoms with van der Waals surface area (Å²) < 4.78 is 7.62. The summed E-state index contributed by atoms with van der Waals surface area (Å²) in [7, 11) is 2.08. The van der Waals surface area contributed by atoms with Gasteiger partial charge in [-0.3, -0.25) is 9.69 Å². The van der Waals surface area contributed by atoms with Gasteiger partial charge in [0.1, 0.15) is 0 Å². The second kappa shape index (κ2) is 6.71. The van der Waals surface area contributed by atoms with Crippen LogP contribution in [0.2, 0.25) is 0 Å². The van der Waals surface area contributed by atoms with E-state index in [2.05, 4.69) is 41.7 Å². The normalized spacial score (nSPS) is 19.7. The van der Waals surface area contributed by atoms with Crippen LogP contribution in [0.4, 0.5) is 0 Å². The fraction of sp³-hybridized carbons (Fsp3) is 0.571. The smallest absolute Gasteiger partial charge is 0.251 e. The lowest BCUT2D eigenvalue weighted by molar-refractivity contribution is 0.0283. The maximum Gasteiger partial charge on any atom is 0.251 e. The maximum atomic E-state index is 12.7. The molecule has 2 aliphatic rings. The lowest BCUT2D eigenvalue weighted by Gasteiger charge is -2.30. The van der Waals surface area contributed by atoms with Crippen molar-refractivity contribution >= 4 is 16.8 Å². The lowest BCUT2D eigenvalue weighted by Crippen LogP contribution is -2.43. The van der Waals surface area contributed by atoms with E-state index in [0.29, 0.717) is 0 Å². The first-order chi connectivity index (χ1) is 12.5. The van der Waals surface area contributed by atoms with Gasteiger partial charge in [0.2, 0.25) is 0 Å². The van der Waals surface area contributed by atoms with E-state index in [4.69, 9.17) is 4.74 Å². The molecule has 1 saturated heterocycles. The molecule has 5 nitrogen and oxygen atoms in total. The molecule has 2 fully saturated rings. The summed E-state index contributed by atoms with van der Waals surface area (Å²) in [5, 5.41) is 4.37. The van der Waals surface area contributed by atoms with Crippen molar-refractivity contribution in [2.45, 2.75) is 26.7 Å². The van der Waals surface area contributed by atoms with E-state index in [-0.39, 0.29) is 11.3 Å². The fourth-order valence-electron chi connectivity index (χ4n) is 4.07. The number of nitrogens with one attached hydrogen (secondary N) is 1. The Balaban J connectivity index is 1.42. The van der Waals surface area contributed by atoms with Gasteiger partial charge in [-0.1, -0.05) is 0 Å². The summed E-state index contributed by atoms with van der Waals surface area (Å²) in [6, 6.07) is 6.04. The largest absolute Gasteiger partial charge is 0.379 e. The summed E-state index contributed by atoms with van der Waals surface area (Å²) in [6.45, 7) is 9.79. The van der Waals surface area contributed by atoms with Crippen LogP contribution in [0.25, 0.3) is 10.9 Å². The number of hydrogen-bond acceptors (Lipinski definition) is 3. The van der Waals surface area contributed by atoms with Crippen molar-refractivity contribution in [1.29, 1.82) is 0 Å². The summed E-state index contributed by atoms with van der Waals surface area (Å²) in [5.41, 5.74) is 4.72. The standard InChI is InChI=1S/C21H29N3O2/c1-15-16(2)23(3)19-5-4-17(12-18(15)19)20(25)22-13-21(6-7-21)14-24-8-10-26-11-9-24/h4-5,12H,6-11,13-14H2,1-3H3,(H,22,25). The van der Waals surface area contributed by atoms with Crippen LogP contribution < -0.4 is 5.32 Å². The maximum absolute atomic E-state index is 12.7. The molecular weight excluding hydrogens is 326 g/mol. The lowest BCUT2D eigenvalue weighted by atomic mass is 10.1. The number of fused-ring (bicyclic) bond motifs is 1. The number of amides is 1. The van der Waals surface area contributed by atoms with Crippen LogP contribution in [0.3, 0.4) is 0 Å². The van der Waals surface area contributed by atoms with E-state index in [9.17, 15) is 4.79 Å². The number of aromatic nitrogens is 1. The van der Waals surface area contributed by atoms with Crippen LogP contribution in [-0.2, 0) is 11.8 Å². The second-order valence-corrected chi connectivity index (χ2v) is 8.07. The Bertz CT molecular complexity index is 829. The molecule has 1 aliphatic carbocycles. The predicted octanol–water partition coefficient (Wildman–Crippen LogP) is 2.64. The highest BCUT2D eigenvalue weighted by atomic mass is 16.5. The van der Waals surface area contributed by atoms with Crippen molar-refractivity contribution in [1.82, 2.24) is 14.8 Å². The van der Waals surface area contributed by atoms with Gasteiger partial charge in [0, 0.05) is 60.8 Å². The van der Waals surface area contributed by atoms with E-state index < -0.39 is 0 Å². The van der Waals surface area contributed by atoms with Gasteiger partial charge in [-0.15, -0.1) is 0 Å². The first kappa shape index (κ1) is 17.6. The summed E-state index contributed by atoms with van der Waals surface area (Å²) in [4.78, 5) is 15.2. The number of benzene rings is 1. The third kappa shape index (κ3) is 3.26. The SMILES string of the molecule is Cc1c(C)n(C)c2ccc(C(=O)NCC3(CN4CCOCC4)CC3)cc12. The number of nitrogens with zero attached hydrogens (tertiary/aromatic N) is 2. The number of hydrogen-bond donors (Lipinski definition) is 1. The van der Waals surface area contributed by atoms with Crippen LogP contribution in [0.15, 0.2) is 18.2 Å². The highest BCUT2D eigenvalue weighted by Crippen LogP contribution is 2.45. The molecule has 26 heavy (non-hydrogen) atoms. The van der Waals surface area contributed by atoms with Crippen LogP contribution in [-0.4, -0.2) is 54.8 Å². The molecule has 140 valence electrons. The Morgan fingerprint density at radius 2 is 1.96 bits per heavy atom. The molecule has 1 saturated carbocycles. The first-order valence-electron chi connectivity index (χ1n) is 9.63. The molecule has 1 aromatic heterocycles. The Labute approximate surface area is 155 Å². The Morgan fingerprint density at radius 1 is 1.23 bits per heavy atom. The van der Waals surface area contributed by atoms with Crippen molar-refractivity contribution in [2.24, 2.45) is 12.5 Å². The monoisotopic (exact) mass is 355 g/mol. The third-order valence-corrected chi connectivity index (χ3v) is 6.31. The number of carbonyl (C=O) groups is 1. The van der Waals surface area contributed by atoms with E-state index >= 15 is 0 Å². The molecule has 0 unspecified atom stereocenters. The van der Waals surface area contributed by atoms with Crippen molar-refractivity contribution in [2.75, 3.05) is 39.4 Å². The topological polar surface area (TPSA) is 46.5 Å². The minimum absolute atomic E-state index is 0.0426. The predicted molar refractivity (Wildman–Crippen MR) is 104 cm³/mol. The van der Waals surface area contributed by atoms with Gasteiger partial charge in [0.25, 0.3) is 5.91 Å². The molecule has 1 N–H and O–H groups in total. The molecule has 0 atom stereocenters. The second-order valence-electron chi connectivity index (χ2n) is 8.07. The van der Waals surface area contributed by atoms with Gasteiger partial charge in [0.15, 0.2) is 0 Å². The van der Waals surface area contributed by atoms with E-state index in [1.807, 2.05) is 12.1 Å². The van der Waals surface area contributed by atoms with Gasteiger partial charge in [-0.05, 0) is 50.5 Å². The average Bonchev–Trinajstić information content (AvgIpc) is 3.40. The number of rotatable bonds is 5. The Kier molecular flexibility index (Phi) is 4.53.